The van der Waals surface area contributed by atoms with Crippen LogP contribution in [-0.4, -0.2) is 50.4 Å². The summed E-state index contributed by atoms with van der Waals surface area (Å²) in [6.45, 7) is 0.976. The molecule has 0 aromatic carbocycles. The van der Waals surface area contributed by atoms with Gasteiger partial charge in [0.1, 0.15) is 0 Å². The van der Waals surface area contributed by atoms with Gasteiger partial charge in [-0.25, -0.2) is 0 Å². The van der Waals surface area contributed by atoms with Crippen molar-refractivity contribution in [2.75, 3.05) is 34.0 Å². The minimum Gasteiger partial charge on any atom is -0.396 e. The maximum Gasteiger partial charge on any atom is 0.0823 e. The molecular weight excluding hydrogens is 172 g/mol. The van der Waals surface area contributed by atoms with Gasteiger partial charge in [-0.15, -0.1) is 0 Å². The van der Waals surface area contributed by atoms with Gasteiger partial charge in [-0.3, -0.25) is 0 Å². The zero-order chi connectivity index (χ0) is 10.1. The first-order valence-corrected chi connectivity index (χ1v) is 4.53. The average molecular weight is 192 g/mol. The number of hydrogen-bond acceptors (Lipinski definition) is 4. The summed E-state index contributed by atoms with van der Waals surface area (Å²) in [5.74, 6) is 0.0529. The van der Waals surface area contributed by atoms with Gasteiger partial charge in [0.05, 0.1) is 19.3 Å². The summed E-state index contributed by atoms with van der Waals surface area (Å²) in [4.78, 5) is 0. The molecule has 80 valence electrons. The van der Waals surface area contributed by atoms with Crippen molar-refractivity contribution in [2.45, 2.75) is 18.9 Å². The molecule has 13 heavy (non-hydrogen) atoms. The molecule has 4 heteroatoms. The van der Waals surface area contributed by atoms with E-state index in [1.54, 1.807) is 14.2 Å². The summed E-state index contributed by atoms with van der Waals surface area (Å²) in [6, 6.07) is 0. The van der Waals surface area contributed by atoms with E-state index in [0.717, 1.165) is 6.42 Å². The quantitative estimate of drug-likeness (QED) is 0.569. The van der Waals surface area contributed by atoms with E-state index in [-0.39, 0.29) is 12.5 Å². The monoisotopic (exact) mass is 192 g/mol. The van der Waals surface area contributed by atoms with Gasteiger partial charge >= 0.3 is 0 Å². The molecule has 0 heterocycles. The third kappa shape index (κ3) is 5.99. The van der Waals surface area contributed by atoms with E-state index in [1.165, 1.54) is 0 Å². The van der Waals surface area contributed by atoms with Gasteiger partial charge < -0.3 is 19.7 Å². The SMILES string of the molecule is COCC(O)C(CCCO)COC. The van der Waals surface area contributed by atoms with Crippen molar-refractivity contribution in [1.82, 2.24) is 0 Å². The van der Waals surface area contributed by atoms with Crippen LogP contribution in [0.2, 0.25) is 0 Å². The molecular formula is C9H20O4. The minimum atomic E-state index is -0.503. The fourth-order valence-corrected chi connectivity index (χ4v) is 1.26. The number of ether oxygens (including phenoxy) is 2. The highest BCUT2D eigenvalue weighted by Gasteiger charge is 2.18. The normalized spacial score (nSPS) is 15.7. The summed E-state index contributed by atoms with van der Waals surface area (Å²) in [7, 11) is 3.16. The topological polar surface area (TPSA) is 58.9 Å². The van der Waals surface area contributed by atoms with Crippen molar-refractivity contribution >= 4 is 0 Å². The Morgan fingerprint density at radius 3 is 2.23 bits per heavy atom. The van der Waals surface area contributed by atoms with E-state index >= 15 is 0 Å². The molecule has 0 amide bonds. The molecule has 0 radical (unpaired) electrons. The Labute approximate surface area is 79.5 Å². The molecule has 0 rings (SSSR count). The summed E-state index contributed by atoms with van der Waals surface area (Å²) in [5.41, 5.74) is 0. The Balaban J connectivity index is 3.75. The van der Waals surface area contributed by atoms with Gasteiger partial charge in [0.15, 0.2) is 0 Å². The molecule has 0 saturated heterocycles. The van der Waals surface area contributed by atoms with E-state index in [1.807, 2.05) is 0 Å². The molecule has 0 saturated carbocycles. The smallest absolute Gasteiger partial charge is 0.0823 e. The van der Waals surface area contributed by atoms with E-state index in [2.05, 4.69) is 0 Å². The maximum atomic E-state index is 9.58. The van der Waals surface area contributed by atoms with Gasteiger partial charge in [-0.1, -0.05) is 0 Å². The lowest BCUT2D eigenvalue weighted by Crippen LogP contribution is -2.29. The maximum absolute atomic E-state index is 9.58. The van der Waals surface area contributed by atoms with Crippen LogP contribution < -0.4 is 0 Å². The van der Waals surface area contributed by atoms with Crippen molar-refractivity contribution in [3.05, 3.63) is 0 Å². The van der Waals surface area contributed by atoms with Gasteiger partial charge in [0, 0.05) is 26.7 Å². The van der Waals surface area contributed by atoms with E-state index in [9.17, 15) is 5.11 Å². The first-order valence-electron chi connectivity index (χ1n) is 4.53. The predicted molar refractivity (Wildman–Crippen MR) is 49.6 cm³/mol. The Morgan fingerprint density at radius 1 is 1.15 bits per heavy atom. The highest BCUT2D eigenvalue weighted by Crippen LogP contribution is 2.12. The number of rotatable bonds is 8. The van der Waals surface area contributed by atoms with Gasteiger partial charge in [-0.05, 0) is 12.8 Å². The van der Waals surface area contributed by atoms with Crippen molar-refractivity contribution in [3.63, 3.8) is 0 Å². The van der Waals surface area contributed by atoms with Crippen LogP contribution in [0.1, 0.15) is 12.8 Å². The lowest BCUT2D eigenvalue weighted by Gasteiger charge is -2.21. The molecule has 2 atom stereocenters. The second-order valence-corrected chi connectivity index (χ2v) is 3.10. The molecule has 2 unspecified atom stereocenters. The van der Waals surface area contributed by atoms with Crippen LogP contribution in [0.4, 0.5) is 0 Å². The molecule has 0 aromatic rings. The lowest BCUT2D eigenvalue weighted by atomic mass is 9.98. The lowest BCUT2D eigenvalue weighted by molar-refractivity contribution is -0.00757. The Bertz CT molecular complexity index is 108. The van der Waals surface area contributed by atoms with E-state index in [4.69, 9.17) is 14.6 Å². The molecule has 0 aliphatic heterocycles. The summed E-state index contributed by atoms with van der Waals surface area (Å²) in [6.07, 6.45) is 0.945. The van der Waals surface area contributed by atoms with Crippen molar-refractivity contribution in [3.8, 4) is 0 Å². The zero-order valence-corrected chi connectivity index (χ0v) is 8.40. The molecule has 0 spiro atoms. The van der Waals surface area contributed by atoms with E-state index < -0.39 is 6.10 Å². The number of hydrogen-bond donors (Lipinski definition) is 2. The van der Waals surface area contributed by atoms with Crippen LogP contribution in [0.3, 0.4) is 0 Å². The number of methoxy groups -OCH3 is 2. The van der Waals surface area contributed by atoms with Crippen LogP contribution in [0, 0.1) is 5.92 Å². The minimum absolute atomic E-state index is 0.0529. The third-order valence-corrected chi connectivity index (χ3v) is 2.00. The molecule has 0 aliphatic rings. The summed E-state index contributed by atoms with van der Waals surface area (Å²) in [5, 5.41) is 18.2. The van der Waals surface area contributed by atoms with Crippen LogP contribution >= 0.6 is 0 Å². The van der Waals surface area contributed by atoms with Crippen LogP contribution in [0.15, 0.2) is 0 Å². The van der Waals surface area contributed by atoms with Crippen LogP contribution in [0.5, 0.6) is 0 Å². The van der Waals surface area contributed by atoms with Crippen LogP contribution in [0.25, 0.3) is 0 Å². The highest BCUT2D eigenvalue weighted by atomic mass is 16.5. The first kappa shape index (κ1) is 12.8. The molecule has 0 aromatic heterocycles. The molecule has 4 nitrogen and oxygen atoms in total. The van der Waals surface area contributed by atoms with Gasteiger partial charge in [0.2, 0.25) is 0 Å². The number of aliphatic hydroxyl groups excluding tert-OH is 2. The second-order valence-electron chi connectivity index (χ2n) is 3.10. The Morgan fingerprint density at radius 2 is 1.77 bits per heavy atom. The fourth-order valence-electron chi connectivity index (χ4n) is 1.26. The van der Waals surface area contributed by atoms with Gasteiger partial charge in [0.25, 0.3) is 0 Å². The van der Waals surface area contributed by atoms with Crippen molar-refractivity contribution in [1.29, 1.82) is 0 Å². The molecule has 0 bridgehead atoms. The van der Waals surface area contributed by atoms with Gasteiger partial charge in [-0.2, -0.15) is 0 Å². The standard InChI is InChI=1S/C9H20O4/c1-12-6-8(4-3-5-10)9(11)7-13-2/h8-11H,3-7H2,1-2H3. The molecule has 2 N–H and O–H groups in total. The highest BCUT2D eigenvalue weighted by molar-refractivity contribution is 4.67. The number of aliphatic hydroxyl groups is 2. The average Bonchev–Trinajstić information content (AvgIpc) is 2.12. The summed E-state index contributed by atoms with van der Waals surface area (Å²) < 4.78 is 9.81. The largest absolute Gasteiger partial charge is 0.396 e. The van der Waals surface area contributed by atoms with Crippen molar-refractivity contribution < 1.29 is 19.7 Å². The molecule has 0 aliphatic carbocycles. The third-order valence-electron chi connectivity index (χ3n) is 2.00. The predicted octanol–water partition coefficient (Wildman–Crippen LogP) is 0.0288. The molecule has 0 fully saturated rings. The summed E-state index contributed by atoms with van der Waals surface area (Å²) >= 11 is 0. The second kappa shape index (κ2) is 8.44. The fraction of sp³-hybridized carbons (Fsp3) is 1.00. The zero-order valence-electron chi connectivity index (χ0n) is 8.40. The van der Waals surface area contributed by atoms with E-state index in [0.29, 0.717) is 19.6 Å². The van der Waals surface area contributed by atoms with Crippen LogP contribution in [-0.2, 0) is 9.47 Å². The Kier molecular flexibility index (Phi) is 8.33. The first-order chi connectivity index (χ1) is 6.26. The Hall–Kier alpha value is -0.160. The van der Waals surface area contributed by atoms with Crippen molar-refractivity contribution in [2.24, 2.45) is 5.92 Å².